The first-order chi connectivity index (χ1) is 13.0. The minimum atomic E-state index is -1.54. The van der Waals surface area contributed by atoms with Gasteiger partial charge in [0.2, 0.25) is 6.29 Å². The maximum absolute atomic E-state index is 11.9. The van der Waals surface area contributed by atoms with E-state index >= 15 is 0 Å². The zero-order valence-electron chi connectivity index (χ0n) is 16.6. The van der Waals surface area contributed by atoms with Gasteiger partial charge in [-0.2, -0.15) is 0 Å². The first-order valence-corrected chi connectivity index (χ1v) is 10.5. The highest BCUT2D eigenvalue weighted by atomic mass is 16.7. The van der Waals surface area contributed by atoms with E-state index in [4.69, 9.17) is 14.6 Å². The molecule has 1 saturated heterocycles. The highest BCUT2D eigenvalue weighted by Gasteiger charge is 2.45. The lowest BCUT2D eigenvalue weighted by molar-refractivity contribution is -0.292. The zero-order chi connectivity index (χ0) is 20.1. The van der Waals surface area contributed by atoms with E-state index in [1.807, 2.05) is 0 Å². The summed E-state index contributed by atoms with van der Waals surface area (Å²) in [6, 6.07) is 0. The highest BCUT2D eigenvalue weighted by Crippen LogP contribution is 2.22. The number of unbranched alkanes of at least 4 members (excludes halogenated alkanes) is 10. The van der Waals surface area contributed by atoms with Gasteiger partial charge in [-0.1, -0.05) is 71.1 Å². The SMILES string of the molecule is CCCCCCCCCCCCCC(=O)O[C@H]1O[C@H](CO)[C@H](O)[C@H](O)[C@@H]1O. The molecule has 0 amide bonds. The average Bonchev–Trinajstić information content (AvgIpc) is 2.66. The zero-order valence-corrected chi connectivity index (χ0v) is 16.6. The molecular weight excluding hydrogens is 352 g/mol. The molecule has 0 radical (unpaired) electrons. The fraction of sp³-hybridized carbons (Fsp3) is 0.950. The maximum atomic E-state index is 11.9. The van der Waals surface area contributed by atoms with E-state index in [-0.39, 0.29) is 6.42 Å². The van der Waals surface area contributed by atoms with Crippen molar-refractivity contribution in [3.8, 4) is 0 Å². The number of hydrogen-bond acceptors (Lipinski definition) is 7. The Labute approximate surface area is 162 Å². The normalized spacial score (nSPS) is 28.3. The van der Waals surface area contributed by atoms with Crippen LogP contribution < -0.4 is 0 Å². The highest BCUT2D eigenvalue weighted by molar-refractivity contribution is 5.69. The van der Waals surface area contributed by atoms with Crippen LogP contribution in [-0.4, -0.2) is 63.7 Å². The Morgan fingerprint density at radius 2 is 1.33 bits per heavy atom. The van der Waals surface area contributed by atoms with Gasteiger partial charge in [0.1, 0.15) is 24.4 Å². The lowest BCUT2D eigenvalue weighted by atomic mass is 9.99. The molecule has 5 atom stereocenters. The van der Waals surface area contributed by atoms with Crippen LogP contribution in [0.5, 0.6) is 0 Å². The Hall–Kier alpha value is -0.730. The number of hydrogen-bond donors (Lipinski definition) is 4. The van der Waals surface area contributed by atoms with Crippen LogP contribution in [0.2, 0.25) is 0 Å². The molecule has 7 heteroatoms. The Bertz CT molecular complexity index is 389. The predicted molar refractivity (Wildman–Crippen MR) is 101 cm³/mol. The molecule has 1 rings (SSSR count). The van der Waals surface area contributed by atoms with Crippen LogP contribution >= 0.6 is 0 Å². The fourth-order valence-electron chi connectivity index (χ4n) is 3.29. The lowest BCUT2D eigenvalue weighted by Crippen LogP contribution is -2.59. The largest absolute Gasteiger partial charge is 0.433 e. The summed E-state index contributed by atoms with van der Waals surface area (Å²) in [5, 5.41) is 38.3. The minimum absolute atomic E-state index is 0.214. The monoisotopic (exact) mass is 390 g/mol. The van der Waals surface area contributed by atoms with Gasteiger partial charge in [-0.05, 0) is 6.42 Å². The molecule has 0 aromatic rings. The summed E-state index contributed by atoms with van der Waals surface area (Å²) < 4.78 is 10.2. The van der Waals surface area contributed by atoms with E-state index in [1.165, 1.54) is 51.4 Å². The predicted octanol–water partition coefficient (Wildman–Crippen LogP) is 2.03. The molecule has 0 aromatic carbocycles. The number of ether oxygens (including phenoxy) is 2. The van der Waals surface area contributed by atoms with Crippen molar-refractivity contribution >= 4 is 5.97 Å². The number of aliphatic hydroxyl groups is 4. The van der Waals surface area contributed by atoms with E-state index in [9.17, 15) is 20.1 Å². The second-order valence-electron chi connectivity index (χ2n) is 7.47. The fourth-order valence-corrected chi connectivity index (χ4v) is 3.29. The van der Waals surface area contributed by atoms with E-state index in [0.717, 1.165) is 12.8 Å². The molecule has 0 unspecified atom stereocenters. The summed E-state index contributed by atoms with van der Waals surface area (Å²) in [4.78, 5) is 11.9. The van der Waals surface area contributed by atoms with E-state index in [1.54, 1.807) is 0 Å². The molecule has 4 N–H and O–H groups in total. The average molecular weight is 391 g/mol. The summed E-state index contributed by atoms with van der Waals surface area (Å²) in [6.45, 7) is 1.68. The Balaban J connectivity index is 2.07. The second kappa shape index (κ2) is 14.3. The van der Waals surface area contributed by atoms with Crippen molar-refractivity contribution in [1.82, 2.24) is 0 Å². The molecule has 1 fully saturated rings. The van der Waals surface area contributed by atoms with Crippen molar-refractivity contribution in [3.63, 3.8) is 0 Å². The van der Waals surface area contributed by atoms with Crippen molar-refractivity contribution in [2.75, 3.05) is 6.61 Å². The first-order valence-electron chi connectivity index (χ1n) is 10.5. The molecule has 0 spiro atoms. The van der Waals surface area contributed by atoms with Crippen LogP contribution in [-0.2, 0) is 14.3 Å². The molecule has 0 aliphatic carbocycles. The smallest absolute Gasteiger partial charge is 0.308 e. The van der Waals surface area contributed by atoms with Crippen molar-refractivity contribution in [2.24, 2.45) is 0 Å². The number of rotatable bonds is 14. The van der Waals surface area contributed by atoms with Gasteiger partial charge in [0.15, 0.2) is 0 Å². The van der Waals surface area contributed by atoms with Crippen LogP contribution in [0.1, 0.15) is 84.0 Å². The maximum Gasteiger partial charge on any atom is 0.308 e. The van der Waals surface area contributed by atoms with Crippen molar-refractivity contribution in [2.45, 2.75) is 115 Å². The number of aliphatic hydroxyl groups excluding tert-OH is 4. The van der Waals surface area contributed by atoms with Crippen molar-refractivity contribution < 1.29 is 34.7 Å². The van der Waals surface area contributed by atoms with Gasteiger partial charge in [-0.3, -0.25) is 4.79 Å². The molecule has 0 saturated carbocycles. The molecule has 0 aromatic heterocycles. The molecule has 1 aliphatic heterocycles. The van der Waals surface area contributed by atoms with Crippen molar-refractivity contribution in [3.05, 3.63) is 0 Å². The van der Waals surface area contributed by atoms with Gasteiger partial charge in [-0.15, -0.1) is 0 Å². The number of carbonyl (C=O) groups is 1. The summed E-state index contributed by atoms with van der Waals surface area (Å²) in [6.07, 6.45) is 6.27. The summed E-state index contributed by atoms with van der Waals surface area (Å²) in [7, 11) is 0. The Kier molecular flexibility index (Phi) is 12.9. The number of esters is 1. The molecule has 0 bridgehead atoms. The third-order valence-corrected chi connectivity index (χ3v) is 5.08. The molecule has 160 valence electrons. The molecule has 1 aliphatic rings. The van der Waals surface area contributed by atoms with Gasteiger partial charge in [0.25, 0.3) is 0 Å². The van der Waals surface area contributed by atoms with Gasteiger partial charge < -0.3 is 29.9 Å². The van der Waals surface area contributed by atoms with Crippen LogP contribution in [0.3, 0.4) is 0 Å². The van der Waals surface area contributed by atoms with Gasteiger partial charge in [-0.25, -0.2) is 0 Å². The van der Waals surface area contributed by atoms with Gasteiger partial charge in [0, 0.05) is 6.42 Å². The summed E-state index contributed by atoms with van der Waals surface area (Å²) in [5.41, 5.74) is 0. The topological polar surface area (TPSA) is 116 Å². The van der Waals surface area contributed by atoms with E-state index in [2.05, 4.69) is 6.92 Å². The van der Waals surface area contributed by atoms with Crippen LogP contribution in [0.15, 0.2) is 0 Å². The van der Waals surface area contributed by atoms with E-state index < -0.39 is 43.3 Å². The summed E-state index contributed by atoms with van der Waals surface area (Å²) >= 11 is 0. The van der Waals surface area contributed by atoms with E-state index in [0.29, 0.717) is 6.42 Å². The van der Waals surface area contributed by atoms with Crippen LogP contribution in [0.25, 0.3) is 0 Å². The lowest BCUT2D eigenvalue weighted by Gasteiger charge is -2.39. The third kappa shape index (κ3) is 9.34. The van der Waals surface area contributed by atoms with Crippen molar-refractivity contribution in [1.29, 1.82) is 0 Å². The van der Waals surface area contributed by atoms with Gasteiger partial charge >= 0.3 is 5.97 Å². The molecule has 27 heavy (non-hydrogen) atoms. The number of carbonyl (C=O) groups excluding carboxylic acids is 1. The molecular formula is C20H38O7. The summed E-state index contributed by atoms with van der Waals surface area (Å²) in [5.74, 6) is -0.518. The quantitative estimate of drug-likeness (QED) is 0.265. The molecule has 7 nitrogen and oxygen atoms in total. The third-order valence-electron chi connectivity index (χ3n) is 5.08. The van der Waals surface area contributed by atoms with Crippen LogP contribution in [0, 0.1) is 0 Å². The standard InChI is InChI=1S/C20H38O7/c1-2-3-4-5-6-7-8-9-10-11-12-13-16(22)27-20-19(25)18(24)17(23)15(14-21)26-20/h15,17-21,23-25H,2-14H2,1H3/t15-,17+,18+,19+,20-/m1/s1. The second-order valence-corrected chi connectivity index (χ2v) is 7.47. The van der Waals surface area contributed by atoms with Crippen LogP contribution in [0.4, 0.5) is 0 Å². The molecule has 1 heterocycles. The first kappa shape index (κ1) is 24.3. The minimum Gasteiger partial charge on any atom is -0.433 e. The Morgan fingerprint density at radius 3 is 1.85 bits per heavy atom. The van der Waals surface area contributed by atoms with Gasteiger partial charge in [0.05, 0.1) is 6.61 Å². The Morgan fingerprint density at radius 1 is 0.815 bits per heavy atom.